The van der Waals surface area contributed by atoms with Crippen molar-refractivity contribution < 1.29 is 0 Å². The fraction of sp³-hybridized carbons (Fsp3) is 0.250. The van der Waals surface area contributed by atoms with Crippen molar-refractivity contribution in [3.8, 4) is 0 Å². The first-order chi connectivity index (χ1) is 4.86. The van der Waals surface area contributed by atoms with Gasteiger partial charge in [0.2, 0.25) is 0 Å². The third kappa shape index (κ3) is 1.08. The number of nitrogens with zero attached hydrogens (tertiary/aromatic N) is 1. The van der Waals surface area contributed by atoms with Crippen molar-refractivity contribution in [1.82, 2.24) is 3.15 Å². The van der Waals surface area contributed by atoms with Crippen molar-refractivity contribution in [2.75, 3.05) is 7.05 Å². The van der Waals surface area contributed by atoms with Crippen LogP contribution >= 0.6 is 0 Å². The first-order valence-electron chi connectivity index (χ1n) is 3.33. The van der Waals surface area contributed by atoms with Crippen LogP contribution in [0.15, 0.2) is 24.3 Å². The summed E-state index contributed by atoms with van der Waals surface area (Å²) in [5.74, 6) is 0. The molecule has 0 N–H and O–H groups in total. The van der Waals surface area contributed by atoms with E-state index in [4.69, 9.17) is 0 Å². The Kier molecular flexibility index (Phi) is 1.69. The van der Waals surface area contributed by atoms with Crippen molar-refractivity contribution in [3.63, 3.8) is 0 Å². The summed E-state index contributed by atoms with van der Waals surface area (Å²) in [7, 11) is 2.21. The van der Waals surface area contributed by atoms with E-state index in [0.717, 1.165) is 0 Å². The molecule has 0 aromatic heterocycles. The van der Waals surface area contributed by atoms with Gasteiger partial charge in [-0.15, -0.1) is 0 Å². The van der Waals surface area contributed by atoms with Gasteiger partial charge in [0.1, 0.15) is 0 Å². The third-order valence-electron chi connectivity index (χ3n) is 1.62. The van der Waals surface area contributed by atoms with Crippen LogP contribution in [-0.2, 0) is 6.54 Å². The Balaban J connectivity index is 2.42. The van der Waals surface area contributed by atoms with Crippen LogP contribution in [0.5, 0.6) is 0 Å². The maximum absolute atomic E-state index is 2.45. The average Bonchev–Trinajstić information content (AvgIpc) is 2.27. The predicted octanol–water partition coefficient (Wildman–Crippen LogP) is 0.376. The Morgan fingerprint density at radius 1 is 1.40 bits per heavy atom. The SMILES string of the molecule is CN1Cc2ccccc2[Te]1. The van der Waals surface area contributed by atoms with Crippen molar-refractivity contribution in [1.29, 1.82) is 0 Å². The van der Waals surface area contributed by atoms with E-state index in [-0.39, 0.29) is 21.2 Å². The summed E-state index contributed by atoms with van der Waals surface area (Å²) in [6.45, 7) is 1.18. The number of rotatable bonds is 0. The molecular weight excluding hydrogens is 238 g/mol. The van der Waals surface area contributed by atoms with Crippen LogP contribution < -0.4 is 3.61 Å². The number of benzene rings is 1. The molecule has 1 nitrogen and oxygen atoms in total. The van der Waals surface area contributed by atoms with Gasteiger partial charge in [0.15, 0.2) is 0 Å². The zero-order valence-electron chi connectivity index (χ0n) is 5.87. The molecule has 0 unspecified atom stereocenters. The van der Waals surface area contributed by atoms with Crippen molar-refractivity contribution in [2.45, 2.75) is 6.54 Å². The molecule has 0 aliphatic carbocycles. The molecule has 0 amide bonds. The Bertz CT molecular complexity index is 222. The van der Waals surface area contributed by atoms with Gasteiger partial charge in [0, 0.05) is 0 Å². The van der Waals surface area contributed by atoms with Gasteiger partial charge in [-0.3, -0.25) is 0 Å². The van der Waals surface area contributed by atoms with Gasteiger partial charge < -0.3 is 0 Å². The van der Waals surface area contributed by atoms with Crippen LogP contribution in [0.2, 0.25) is 0 Å². The van der Waals surface area contributed by atoms with Crippen LogP contribution in [-0.4, -0.2) is 31.4 Å². The van der Waals surface area contributed by atoms with Crippen molar-refractivity contribution in [3.05, 3.63) is 29.8 Å². The Hall–Kier alpha value is -0.0304. The van der Waals surface area contributed by atoms with Gasteiger partial charge in [-0.25, -0.2) is 0 Å². The number of fused-ring (bicyclic) bond motifs is 1. The molecule has 0 atom stereocenters. The molecule has 0 radical (unpaired) electrons. The molecule has 0 fully saturated rings. The summed E-state index contributed by atoms with van der Waals surface area (Å²) < 4.78 is 4.07. The van der Waals surface area contributed by atoms with Gasteiger partial charge in [-0.2, -0.15) is 0 Å². The molecule has 0 saturated carbocycles. The van der Waals surface area contributed by atoms with Gasteiger partial charge in [0.25, 0.3) is 0 Å². The second-order valence-corrected chi connectivity index (χ2v) is 6.04. The Labute approximate surface area is 71.5 Å². The standard InChI is InChI=1S/C8H9NTe/c1-9-6-7-4-2-3-5-8(7)10-9/h2-5H,6H2,1H3. The fourth-order valence-electron chi connectivity index (χ4n) is 1.16. The van der Waals surface area contributed by atoms with Gasteiger partial charge in [-0.05, 0) is 0 Å². The Morgan fingerprint density at radius 3 is 3.00 bits per heavy atom. The molecule has 1 aliphatic heterocycles. The second-order valence-electron chi connectivity index (χ2n) is 2.49. The first-order valence-corrected chi connectivity index (χ1v) is 5.54. The zero-order valence-corrected chi connectivity index (χ0v) is 8.20. The second kappa shape index (κ2) is 2.54. The molecule has 0 saturated heterocycles. The molecule has 10 heavy (non-hydrogen) atoms. The topological polar surface area (TPSA) is 3.24 Å². The Morgan fingerprint density at radius 2 is 2.20 bits per heavy atom. The maximum atomic E-state index is 2.45. The monoisotopic (exact) mass is 249 g/mol. The van der Waals surface area contributed by atoms with Crippen molar-refractivity contribution in [2.24, 2.45) is 0 Å². The zero-order chi connectivity index (χ0) is 6.97. The predicted molar refractivity (Wildman–Crippen MR) is 43.3 cm³/mol. The van der Waals surface area contributed by atoms with E-state index in [2.05, 4.69) is 34.5 Å². The summed E-state index contributed by atoms with van der Waals surface area (Å²) in [4.78, 5) is 0. The van der Waals surface area contributed by atoms with Crippen molar-refractivity contribution >= 4 is 24.8 Å². The number of hydrogen-bond donors (Lipinski definition) is 0. The van der Waals surface area contributed by atoms with E-state index < -0.39 is 0 Å². The van der Waals surface area contributed by atoms with Crippen LogP contribution in [0.4, 0.5) is 0 Å². The third-order valence-corrected chi connectivity index (χ3v) is 4.58. The molecule has 0 bridgehead atoms. The summed E-state index contributed by atoms with van der Waals surface area (Å²) in [6, 6.07) is 8.78. The average molecular weight is 247 g/mol. The van der Waals surface area contributed by atoms with E-state index in [9.17, 15) is 0 Å². The molecule has 0 spiro atoms. The molecule has 1 aromatic carbocycles. The summed E-state index contributed by atoms with van der Waals surface area (Å²) >= 11 is 0.0243. The van der Waals surface area contributed by atoms with E-state index >= 15 is 0 Å². The molecule has 2 rings (SSSR count). The quantitative estimate of drug-likeness (QED) is 0.599. The fourth-order valence-corrected chi connectivity index (χ4v) is 3.81. The van der Waals surface area contributed by atoms with Crippen LogP contribution in [0, 0.1) is 0 Å². The molecule has 52 valence electrons. The molecule has 1 aromatic rings. The number of hydrogen-bond acceptors (Lipinski definition) is 1. The molecule has 1 aliphatic rings. The molecule has 2 heteroatoms. The normalized spacial score (nSPS) is 17.3. The van der Waals surface area contributed by atoms with Gasteiger partial charge >= 0.3 is 71.4 Å². The van der Waals surface area contributed by atoms with E-state index in [1.54, 1.807) is 9.17 Å². The van der Waals surface area contributed by atoms with Crippen LogP contribution in [0.1, 0.15) is 5.56 Å². The summed E-state index contributed by atoms with van der Waals surface area (Å²) in [5.41, 5.74) is 1.55. The first kappa shape index (κ1) is 6.67. The molecule has 1 heterocycles. The van der Waals surface area contributed by atoms with Gasteiger partial charge in [-0.1, -0.05) is 0 Å². The van der Waals surface area contributed by atoms with E-state index in [0.29, 0.717) is 0 Å². The van der Waals surface area contributed by atoms with Crippen LogP contribution in [0.25, 0.3) is 0 Å². The minimum atomic E-state index is 0.0243. The summed E-state index contributed by atoms with van der Waals surface area (Å²) in [5, 5.41) is 0. The molecular formula is C8H9NTe. The van der Waals surface area contributed by atoms with Gasteiger partial charge in [0.05, 0.1) is 0 Å². The van der Waals surface area contributed by atoms with Crippen LogP contribution in [0.3, 0.4) is 0 Å². The minimum absolute atomic E-state index is 0.0243. The van der Waals surface area contributed by atoms with E-state index in [1.807, 2.05) is 0 Å². The van der Waals surface area contributed by atoms with E-state index in [1.165, 1.54) is 6.54 Å². The summed E-state index contributed by atoms with van der Waals surface area (Å²) in [6.07, 6.45) is 0.